The molecule has 3 aliphatic rings. The highest BCUT2D eigenvalue weighted by atomic mass is 32.2. The van der Waals surface area contributed by atoms with Crippen LogP contribution in [0.3, 0.4) is 0 Å². The molecule has 11 nitrogen and oxygen atoms in total. The zero-order chi connectivity index (χ0) is 32.8. The Hall–Kier alpha value is -4.05. The maximum absolute atomic E-state index is 13.3. The van der Waals surface area contributed by atoms with Gasteiger partial charge < -0.3 is 35.6 Å². The van der Waals surface area contributed by atoms with Gasteiger partial charge in [-0.05, 0) is 36.6 Å². The summed E-state index contributed by atoms with van der Waals surface area (Å²) >= 11 is 1.89. The summed E-state index contributed by atoms with van der Waals surface area (Å²) in [5.74, 6) is 7.09. The zero-order valence-electron chi connectivity index (χ0n) is 26.6. The first kappa shape index (κ1) is 34.3. The van der Waals surface area contributed by atoms with Gasteiger partial charge in [0.2, 0.25) is 17.7 Å². The summed E-state index contributed by atoms with van der Waals surface area (Å²) < 4.78 is 11.0. The third-order valence-corrected chi connectivity index (χ3v) is 9.84. The van der Waals surface area contributed by atoms with Crippen molar-refractivity contribution in [3.05, 3.63) is 65.2 Å². The van der Waals surface area contributed by atoms with Crippen molar-refractivity contribution in [2.24, 2.45) is 0 Å². The van der Waals surface area contributed by atoms with Gasteiger partial charge in [-0.15, -0.1) is 0 Å². The van der Waals surface area contributed by atoms with Crippen molar-refractivity contribution in [2.45, 2.75) is 62.4 Å². The van der Waals surface area contributed by atoms with Gasteiger partial charge in [-0.2, -0.15) is 11.8 Å². The SMILES string of the molecule is O=C(CCCC[C@H]1SC[C@@H]2NC(=O)N[C@@H]21)NCCOCCOCCC(=O)NCCC(=O)N1Cc2ccccc2C#Cc2ccccc21. The summed E-state index contributed by atoms with van der Waals surface area (Å²) in [7, 11) is 0. The van der Waals surface area contributed by atoms with Crippen LogP contribution in [0.15, 0.2) is 48.5 Å². The molecule has 4 N–H and O–H groups in total. The van der Waals surface area contributed by atoms with Crippen LogP contribution in [0, 0.1) is 11.8 Å². The fourth-order valence-corrected chi connectivity index (χ4v) is 7.40. The van der Waals surface area contributed by atoms with E-state index in [1.807, 2.05) is 60.3 Å². The number of rotatable bonds is 17. The molecular formula is C35H43N5O6S. The lowest BCUT2D eigenvalue weighted by Gasteiger charge is -2.26. The van der Waals surface area contributed by atoms with Gasteiger partial charge in [-0.1, -0.05) is 48.6 Å². The van der Waals surface area contributed by atoms with Crippen LogP contribution in [-0.2, 0) is 30.4 Å². The number of hydrogen-bond acceptors (Lipinski definition) is 7. The van der Waals surface area contributed by atoms with E-state index in [1.165, 1.54) is 0 Å². The number of unbranched alkanes of at least 4 members (excludes halogenated alkanes) is 1. The van der Waals surface area contributed by atoms with E-state index in [0.717, 1.165) is 47.4 Å². The minimum atomic E-state index is -0.181. The number of thioether (sulfide) groups is 1. The van der Waals surface area contributed by atoms with Gasteiger partial charge in [0.25, 0.3) is 0 Å². The average molecular weight is 662 g/mol. The number of ether oxygens (including phenoxy) is 2. The molecular weight excluding hydrogens is 618 g/mol. The third-order valence-electron chi connectivity index (χ3n) is 8.33. The molecule has 12 heteroatoms. The molecule has 3 heterocycles. The lowest BCUT2D eigenvalue weighted by Crippen LogP contribution is -2.36. The smallest absolute Gasteiger partial charge is 0.315 e. The van der Waals surface area contributed by atoms with Gasteiger partial charge in [-0.3, -0.25) is 14.4 Å². The normalized spacial score (nSPS) is 19.1. The second-order valence-electron chi connectivity index (χ2n) is 11.7. The van der Waals surface area contributed by atoms with Gasteiger partial charge in [0.05, 0.1) is 50.7 Å². The van der Waals surface area contributed by atoms with Crippen molar-refractivity contribution in [1.82, 2.24) is 21.3 Å². The minimum Gasteiger partial charge on any atom is -0.379 e. The summed E-state index contributed by atoms with van der Waals surface area (Å²) in [5, 5.41) is 12.0. The maximum Gasteiger partial charge on any atom is 0.315 e. The number of para-hydroxylation sites is 1. The minimum absolute atomic E-state index is 0.0108. The predicted molar refractivity (Wildman–Crippen MR) is 181 cm³/mol. The molecule has 0 unspecified atom stereocenters. The number of urea groups is 1. The fourth-order valence-electron chi connectivity index (χ4n) is 5.85. The number of carbonyl (C=O) groups excluding carboxylic acids is 4. The Kier molecular flexibility index (Phi) is 13.0. The summed E-state index contributed by atoms with van der Waals surface area (Å²) in [6.07, 6.45) is 3.59. The molecule has 0 spiro atoms. The monoisotopic (exact) mass is 661 g/mol. The second kappa shape index (κ2) is 17.8. The van der Waals surface area contributed by atoms with Crippen LogP contribution in [0.5, 0.6) is 0 Å². The van der Waals surface area contributed by atoms with E-state index in [9.17, 15) is 19.2 Å². The molecule has 250 valence electrons. The lowest BCUT2D eigenvalue weighted by atomic mass is 10.0. The molecule has 2 fully saturated rings. The molecule has 3 aliphatic heterocycles. The van der Waals surface area contributed by atoms with Crippen LogP contribution in [0.1, 0.15) is 55.2 Å². The van der Waals surface area contributed by atoms with Gasteiger partial charge in [0, 0.05) is 54.5 Å². The summed E-state index contributed by atoms with van der Waals surface area (Å²) in [5.41, 5.74) is 3.45. The molecule has 5 rings (SSSR count). The molecule has 0 aromatic heterocycles. The first-order chi connectivity index (χ1) is 23.0. The van der Waals surface area contributed by atoms with Crippen LogP contribution < -0.4 is 26.2 Å². The number of amides is 5. The van der Waals surface area contributed by atoms with Crippen molar-refractivity contribution < 1.29 is 28.7 Å². The topological polar surface area (TPSA) is 138 Å². The highest BCUT2D eigenvalue weighted by molar-refractivity contribution is 8.00. The second-order valence-corrected chi connectivity index (χ2v) is 13.0. The Morgan fingerprint density at radius 3 is 2.43 bits per heavy atom. The fraction of sp³-hybridized carbons (Fsp3) is 0.486. The van der Waals surface area contributed by atoms with Gasteiger partial charge in [-0.25, -0.2) is 4.79 Å². The van der Waals surface area contributed by atoms with E-state index in [4.69, 9.17) is 9.47 Å². The first-order valence-corrected chi connectivity index (χ1v) is 17.4. The molecule has 5 amide bonds. The molecule has 2 aromatic rings. The van der Waals surface area contributed by atoms with Crippen molar-refractivity contribution in [2.75, 3.05) is 50.2 Å². The first-order valence-electron chi connectivity index (χ1n) is 16.3. The molecule has 2 aromatic carbocycles. The van der Waals surface area contributed by atoms with E-state index in [2.05, 4.69) is 33.1 Å². The van der Waals surface area contributed by atoms with Crippen LogP contribution in [0.4, 0.5) is 10.5 Å². The third kappa shape index (κ3) is 10.2. The summed E-state index contributed by atoms with van der Waals surface area (Å²) in [6.45, 7) is 2.42. The standard InChI is InChI=1S/C35H43N5O6S/c41-31(12-6-5-11-30-34-28(24-47-30)38-35(44)39-34)37-18-20-46-22-21-45-19-16-32(42)36-17-15-33(43)40-23-27-9-2-1-7-25(27)13-14-26-8-3-4-10-29(26)40/h1-4,7-10,28,30,34H,5-6,11-12,15-24H2,(H,36,42)(H,37,41)(H2,38,39,44)/t28-,30+,34-/m0/s1. The van der Waals surface area contributed by atoms with Crippen LogP contribution >= 0.6 is 11.8 Å². The predicted octanol–water partition coefficient (Wildman–Crippen LogP) is 2.70. The quantitative estimate of drug-likeness (QED) is 0.116. The Labute approximate surface area is 280 Å². The van der Waals surface area contributed by atoms with Crippen LogP contribution in [0.25, 0.3) is 0 Å². The highest BCUT2D eigenvalue weighted by Gasteiger charge is 2.42. The van der Waals surface area contributed by atoms with Crippen molar-refractivity contribution >= 4 is 41.2 Å². The largest absolute Gasteiger partial charge is 0.379 e. The van der Waals surface area contributed by atoms with E-state index in [-0.39, 0.29) is 61.8 Å². The van der Waals surface area contributed by atoms with Gasteiger partial charge in [0.1, 0.15) is 0 Å². The van der Waals surface area contributed by atoms with E-state index in [1.54, 1.807) is 4.90 Å². The lowest BCUT2D eigenvalue weighted by molar-refractivity contribution is -0.123. The molecule has 0 bridgehead atoms. The van der Waals surface area contributed by atoms with Crippen molar-refractivity contribution in [3.8, 4) is 11.8 Å². The van der Waals surface area contributed by atoms with Crippen LogP contribution in [-0.4, -0.2) is 86.4 Å². The molecule has 0 radical (unpaired) electrons. The Bertz CT molecular complexity index is 1480. The summed E-state index contributed by atoms with van der Waals surface area (Å²) in [6, 6.07) is 15.8. The van der Waals surface area contributed by atoms with E-state index < -0.39 is 0 Å². The Balaban J connectivity index is 0.863. The number of hydrogen-bond donors (Lipinski definition) is 4. The molecule has 47 heavy (non-hydrogen) atoms. The number of nitrogens with one attached hydrogen (secondary N) is 4. The Morgan fingerprint density at radius 2 is 1.55 bits per heavy atom. The molecule has 2 saturated heterocycles. The highest BCUT2D eigenvalue weighted by Crippen LogP contribution is 2.33. The number of anilines is 1. The number of carbonyl (C=O) groups is 4. The van der Waals surface area contributed by atoms with E-state index in [0.29, 0.717) is 44.6 Å². The van der Waals surface area contributed by atoms with Crippen molar-refractivity contribution in [1.29, 1.82) is 0 Å². The number of nitrogens with zero attached hydrogens (tertiary/aromatic N) is 1. The maximum atomic E-state index is 13.3. The van der Waals surface area contributed by atoms with Crippen LogP contribution in [0.2, 0.25) is 0 Å². The number of fused-ring (bicyclic) bond motifs is 3. The van der Waals surface area contributed by atoms with E-state index >= 15 is 0 Å². The summed E-state index contributed by atoms with van der Waals surface area (Å²) in [4.78, 5) is 50.9. The molecule has 3 atom stereocenters. The van der Waals surface area contributed by atoms with Gasteiger partial charge >= 0.3 is 6.03 Å². The Morgan fingerprint density at radius 1 is 0.830 bits per heavy atom. The average Bonchev–Trinajstić information content (AvgIpc) is 3.62. The number of benzene rings is 2. The van der Waals surface area contributed by atoms with Crippen molar-refractivity contribution in [3.63, 3.8) is 0 Å². The zero-order valence-corrected chi connectivity index (χ0v) is 27.4. The van der Waals surface area contributed by atoms with Gasteiger partial charge in [0.15, 0.2) is 0 Å². The molecule has 0 saturated carbocycles. The molecule has 0 aliphatic carbocycles.